The standard InChI is InChI=1S/C26H32N2O3S/c1-32(29,30)27-25-16-17-28(18-21-8-4-2-5-9-21)19-26(25)31-20-22-12-14-24(15-13-22)23-10-6-3-7-11-23/h2-11,16-17,19,22,24-25,27H,12-15,18,20H2,1H3. The topological polar surface area (TPSA) is 58.6 Å². The number of benzene rings is 2. The van der Waals surface area contributed by atoms with Gasteiger partial charge in [-0.1, -0.05) is 60.7 Å². The maximum absolute atomic E-state index is 11.9. The number of sulfonamides is 1. The average Bonchev–Trinajstić information content (AvgIpc) is 2.80. The van der Waals surface area contributed by atoms with Crippen LogP contribution in [0.2, 0.25) is 0 Å². The molecule has 2 aliphatic rings. The molecule has 1 atom stereocenters. The van der Waals surface area contributed by atoms with Crippen LogP contribution < -0.4 is 4.72 Å². The molecule has 2 aromatic carbocycles. The van der Waals surface area contributed by atoms with E-state index in [4.69, 9.17) is 4.74 Å². The second kappa shape index (κ2) is 10.4. The van der Waals surface area contributed by atoms with Crippen molar-refractivity contribution >= 4 is 10.0 Å². The highest BCUT2D eigenvalue weighted by Crippen LogP contribution is 2.36. The van der Waals surface area contributed by atoms with Gasteiger partial charge in [-0.25, -0.2) is 13.1 Å². The summed E-state index contributed by atoms with van der Waals surface area (Å²) in [6.07, 6.45) is 11.5. The number of ether oxygens (including phenoxy) is 1. The van der Waals surface area contributed by atoms with Gasteiger partial charge in [-0.2, -0.15) is 0 Å². The first-order chi connectivity index (χ1) is 15.5. The summed E-state index contributed by atoms with van der Waals surface area (Å²) < 4.78 is 32.6. The van der Waals surface area contributed by atoms with Crippen molar-refractivity contribution in [2.75, 3.05) is 12.9 Å². The van der Waals surface area contributed by atoms with Gasteiger partial charge in [0.05, 0.1) is 12.9 Å². The smallest absolute Gasteiger partial charge is 0.209 e. The number of rotatable bonds is 8. The van der Waals surface area contributed by atoms with Gasteiger partial charge in [-0.15, -0.1) is 0 Å². The fourth-order valence-electron chi connectivity index (χ4n) is 4.53. The van der Waals surface area contributed by atoms with Crippen molar-refractivity contribution in [3.63, 3.8) is 0 Å². The summed E-state index contributed by atoms with van der Waals surface area (Å²) in [5, 5.41) is 0. The van der Waals surface area contributed by atoms with Crippen LogP contribution in [0.25, 0.3) is 0 Å². The third-order valence-corrected chi connectivity index (χ3v) is 6.90. The minimum Gasteiger partial charge on any atom is -0.494 e. The number of hydrogen-bond donors (Lipinski definition) is 1. The third-order valence-electron chi connectivity index (χ3n) is 6.22. The van der Waals surface area contributed by atoms with E-state index in [0.717, 1.165) is 12.8 Å². The normalized spacial score (nSPS) is 23.6. The fraction of sp³-hybridized carbons (Fsp3) is 0.385. The lowest BCUT2D eigenvalue weighted by Crippen LogP contribution is -2.38. The monoisotopic (exact) mass is 452 g/mol. The Kier molecular flexibility index (Phi) is 7.33. The highest BCUT2D eigenvalue weighted by atomic mass is 32.2. The van der Waals surface area contributed by atoms with Crippen LogP contribution >= 0.6 is 0 Å². The Balaban J connectivity index is 1.37. The molecule has 2 aromatic rings. The molecule has 1 heterocycles. The number of nitrogens with zero attached hydrogens (tertiary/aromatic N) is 1. The Bertz CT molecular complexity index is 1030. The molecule has 1 unspecified atom stereocenters. The van der Waals surface area contributed by atoms with Crippen LogP contribution in [-0.4, -0.2) is 32.2 Å². The molecule has 0 spiro atoms. The summed E-state index contributed by atoms with van der Waals surface area (Å²) in [7, 11) is -3.35. The lowest BCUT2D eigenvalue weighted by Gasteiger charge is -2.31. The van der Waals surface area contributed by atoms with Crippen molar-refractivity contribution in [2.45, 2.75) is 44.2 Å². The van der Waals surface area contributed by atoms with E-state index in [1.54, 1.807) is 0 Å². The molecule has 1 aliphatic carbocycles. The van der Waals surface area contributed by atoms with Crippen LogP contribution in [0.1, 0.15) is 42.7 Å². The largest absolute Gasteiger partial charge is 0.494 e. The molecule has 1 aliphatic heterocycles. The summed E-state index contributed by atoms with van der Waals surface area (Å²) >= 11 is 0. The van der Waals surface area contributed by atoms with Crippen LogP contribution in [-0.2, 0) is 21.3 Å². The van der Waals surface area contributed by atoms with E-state index in [1.807, 2.05) is 41.6 Å². The first kappa shape index (κ1) is 22.6. The summed E-state index contributed by atoms with van der Waals surface area (Å²) in [6, 6.07) is 20.5. The van der Waals surface area contributed by atoms with Gasteiger partial charge in [0.25, 0.3) is 0 Å². The van der Waals surface area contributed by atoms with Crippen molar-refractivity contribution in [1.82, 2.24) is 9.62 Å². The van der Waals surface area contributed by atoms with E-state index < -0.39 is 16.1 Å². The average molecular weight is 453 g/mol. The first-order valence-electron chi connectivity index (χ1n) is 11.3. The molecule has 0 aromatic heterocycles. The number of hydrogen-bond acceptors (Lipinski definition) is 4. The molecule has 170 valence electrons. The van der Waals surface area contributed by atoms with E-state index in [-0.39, 0.29) is 0 Å². The molecule has 32 heavy (non-hydrogen) atoms. The zero-order chi connectivity index (χ0) is 22.4. The van der Waals surface area contributed by atoms with Crippen LogP contribution in [0, 0.1) is 5.92 Å². The lowest BCUT2D eigenvalue weighted by molar-refractivity contribution is 0.123. The van der Waals surface area contributed by atoms with Crippen LogP contribution in [0.4, 0.5) is 0 Å². The predicted molar refractivity (Wildman–Crippen MR) is 128 cm³/mol. The predicted octanol–water partition coefficient (Wildman–Crippen LogP) is 4.77. The lowest BCUT2D eigenvalue weighted by atomic mass is 9.79. The maximum atomic E-state index is 11.9. The molecular weight excluding hydrogens is 420 g/mol. The summed E-state index contributed by atoms with van der Waals surface area (Å²) in [4.78, 5) is 2.04. The fourth-order valence-corrected chi connectivity index (χ4v) is 5.18. The minimum absolute atomic E-state index is 0.474. The number of nitrogens with one attached hydrogen (secondary N) is 1. The molecule has 0 amide bonds. The molecule has 5 nitrogen and oxygen atoms in total. The Morgan fingerprint density at radius 1 is 0.969 bits per heavy atom. The van der Waals surface area contributed by atoms with E-state index in [1.165, 1.54) is 30.2 Å². The molecule has 1 fully saturated rings. The van der Waals surface area contributed by atoms with Crippen LogP contribution in [0.5, 0.6) is 0 Å². The summed E-state index contributed by atoms with van der Waals surface area (Å²) in [5.74, 6) is 1.77. The third kappa shape index (κ3) is 6.47. The van der Waals surface area contributed by atoms with Gasteiger partial charge in [-0.3, -0.25) is 0 Å². The Hall–Kier alpha value is -2.57. The molecule has 4 rings (SSSR count). The van der Waals surface area contributed by atoms with Crippen molar-refractivity contribution in [3.05, 3.63) is 96.0 Å². The van der Waals surface area contributed by atoms with Crippen LogP contribution in [0.3, 0.4) is 0 Å². The molecular formula is C26H32N2O3S. The summed E-state index contributed by atoms with van der Waals surface area (Å²) in [5.41, 5.74) is 2.61. The van der Waals surface area contributed by atoms with Gasteiger partial charge in [0, 0.05) is 18.9 Å². The van der Waals surface area contributed by atoms with E-state index in [0.29, 0.717) is 30.7 Å². The zero-order valence-electron chi connectivity index (χ0n) is 18.6. The van der Waals surface area contributed by atoms with Gasteiger partial charge in [-0.05, 0) is 54.7 Å². The van der Waals surface area contributed by atoms with E-state index >= 15 is 0 Å². The summed E-state index contributed by atoms with van der Waals surface area (Å²) in [6.45, 7) is 1.32. The second-order valence-corrected chi connectivity index (χ2v) is 10.6. The van der Waals surface area contributed by atoms with Gasteiger partial charge >= 0.3 is 0 Å². The molecule has 0 saturated heterocycles. The Morgan fingerprint density at radius 3 is 2.28 bits per heavy atom. The minimum atomic E-state index is -3.35. The molecule has 0 bridgehead atoms. The van der Waals surface area contributed by atoms with Crippen molar-refractivity contribution in [3.8, 4) is 0 Å². The Morgan fingerprint density at radius 2 is 1.62 bits per heavy atom. The maximum Gasteiger partial charge on any atom is 0.209 e. The quantitative estimate of drug-likeness (QED) is 0.627. The highest BCUT2D eigenvalue weighted by Gasteiger charge is 2.26. The highest BCUT2D eigenvalue weighted by molar-refractivity contribution is 7.88. The molecule has 6 heteroatoms. The molecule has 0 radical (unpaired) electrons. The van der Waals surface area contributed by atoms with E-state index in [9.17, 15) is 8.42 Å². The second-order valence-electron chi connectivity index (χ2n) is 8.84. The van der Waals surface area contributed by atoms with E-state index in [2.05, 4.69) is 47.2 Å². The van der Waals surface area contributed by atoms with Crippen molar-refractivity contribution in [2.24, 2.45) is 5.92 Å². The van der Waals surface area contributed by atoms with Gasteiger partial charge in [0.2, 0.25) is 10.0 Å². The SMILES string of the molecule is CS(=O)(=O)NC1C=CN(Cc2ccccc2)C=C1OCC1CCC(c2ccccc2)CC1. The van der Waals surface area contributed by atoms with Crippen molar-refractivity contribution < 1.29 is 13.2 Å². The molecule has 1 N–H and O–H groups in total. The first-order valence-corrected chi connectivity index (χ1v) is 13.2. The van der Waals surface area contributed by atoms with Crippen LogP contribution in [0.15, 0.2) is 84.9 Å². The van der Waals surface area contributed by atoms with Gasteiger partial charge < -0.3 is 9.64 Å². The Labute approximate surface area is 191 Å². The van der Waals surface area contributed by atoms with Gasteiger partial charge in [0.1, 0.15) is 11.8 Å². The van der Waals surface area contributed by atoms with Gasteiger partial charge in [0.15, 0.2) is 0 Å². The molecule has 1 saturated carbocycles. The van der Waals surface area contributed by atoms with Crippen molar-refractivity contribution in [1.29, 1.82) is 0 Å². The zero-order valence-corrected chi connectivity index (χ0v) is 19.4.